The van der Waals surface area contributed by atoms with Gasteiger partial charge < -0.3 is 15.0 Å². The van der Waals surface area contributed by atoms with Crippen LogP contribution in [0.1, 0.15) is 59.7 Å². The van der Waals surface area contributed by atoms with Gasteiger partial charge in [-0.3, -0.25) is 9.59 Å². The molecule has 35 heavy (non-hydrogen) atoms. The van der Waals surface area contributed by atoms with Crippen molar-refractivity contribution in [3.8, 4) is 5.75 Å². The Morgan fingerprint density at radius 2 is 1.80 bits per heavy atom. The van der Waals surface area contributed by atoms with Crippen LogP contribution in [0.15, 0.2) is 66.7 Å². The molecule has 0 unspecified atom stereocenters. The van der Waals surface area contributed by atoms with Gasteiger partial charge in [0.2, 0.25) is 5.91 Å². The summed E-state index contributed by atoms with van der Waals surface area (Å²) < 4.78 is 6.06. The number of fused-ring (bicyclic) bond motifs is 1. The molecule has 5 heteroatoms. The van der Waals surface area contributed by atoms with Gasteiger partial charge in [-0.25, -0.2) is 0 Å². The summed E-state index contributed by atoms with van der Waals surface area (Å²) in [7, 11) is 0. The Labute approximate surface area is 208 Å². The van der Waals surface area contributed by atoms with Gasteiger partial charge >= 0.3 is 0 Å². The van der Waals surface area contributed by atoms with E-state index in [0.29, 0.717) is 25.3 Å². The summed E-state index contributed by atoms with van der Waals surface area (Å²) in [6.07, 6.45) is 0.620. The number of carbonyl (C=O) groups is 2. The zero-order valence-electron chi connectivity index (χ0n) is 21.0. The molecule has 2 atom stereocenters. The maximum absolute atomic E-state index is 12.8. The van der Waals surface area contributed by atoms with Crippen LogP contribution in [0, 0.1) is 13.8 Å². The number of amides is 2. The second-order valence-electron chi connectivity index (χ2n) is 9.33. The fraction of sp³-hybridized carbons (Fsp3) is 0.333. The molecule has 1 N–H and O–H groups in total. The molecule has 0 bridgehead atoms. The number of hydrogen-bond donors (Lipinski definition) is 1. The van der Waals surface area contributed by atoms with E-state index in [1.807, 2.05) is 49.1 Å². The van der Waals surface area contributed by atoms with Crippen LogP contribution < -0.4 is 10.1 Å². The molecule has 3 aromatic rings. The zero-order valence-corrected chi connectivity index (χ0v) is 21.0. The fourth-order valence-corrected chi connectivity index (χ4v) is 4.66. The minimum Gasteiger partial charge on any atom is -0.481 e. The Kier molecular flexibility index (Phi) is 7.54. The van der Waals surface area contributed by atoms with Crippen LogP contribution in [0.5, 0.6) is 5.75 Å². The van der Waals surface area contributed by atoms with E-state index in [-0.39, 0.29) is 17.9 Å². The smallest absolute Gasteiger partial charge is 0.261 e. The Morgan fingerprint density at radius 3 is 2.51 bits per heavy atom. The maximum atomic E-state index is 12.8. The monoisotopic (exact) mass is 470 g/mol. The Hall–Kier alpha value is -3.60. The van der Waals surface area contributed by atoms with E-state index in [1.54, 1.807) is 6.92 Å². The predicted molar refractivity (Wildman–Crippen MR) is 138 cm³/mol. The molecule has 0 aliphatic carbocycles. The molecule has 2 amide bonds. The van der Waals surface area contributed by atoms with Crippen molar-refractivity contribution in [1.82, 2.24) is 10.2 Å². The molecule has 0 radical (unpaired) electrons. The topological polar surface area (TPSA) is 58.6 Å². The number of aryl methyl sites for hydroxylation is 2. The van der Waals surface area contributed by atoms with E-state index in [9.17, 15) is 9.59 Å². The van der Waals surface area contributed by atoms with Crippen molar-refractivity contribution in [3.63, 3.8) is 0 Å². The van der Waals surface area contributed by atoms with Crippen LogP contribution in [-0.2, 0) is 22.6 Å². The highest BCUT2D eigenvalue weighted by Gasteiger charge is 2.32. The summed E-state index contributed by atoms with van der Waals surface area (Å²) in [4.78, 5) is 27.5. The van der Waals surface area contributed by atoms with Crippen molar-refractivity contribution >= 4 is 11.8 Å². The largest absolute Gasteiger partial charge is 0.481 e. The summed E-state index contributed by atoms with van der Waals surface area (Å²) in [6.45, 7) is 8.91. The summed E-state index contributed by atoms with van der Waals surface area (Å²) in [6, 6.07) is 22.3. The van der Waals surface area contributed by atoms with Crippen LogP contribution in [0.4, 0.5) is 0 Å². The number of carbonyl (C=O) groups excluding carboxylic acids is 2. The molecule has 5 nitrogen and oxygen atoms in total. The summed E-state index contributed by atoms with van der Waals surface area (Å²) in [5.41, 5.74) is 6.75. The third kappa shape index (κ3) is 5.73. The molecule has 182 valence electrons. The number of nitrogens with zero attached hydrogens (tertiary/aromatic N) is 1. The number of rotatable bonds is 7. The molecule has 1 aliphatic heterocycles. The van der Waals surface area contributed by atoms with Crippen molar-refractivity contribution in [2.75, 3.05) is 6.54 Å². The van der Waals surface area contributed by atoms with E-state index in [0.717, 1.165) is 28.7 Å². The van der Waals surface area contributed by atoms with Gasteiger partial charge in [0.1, 0.15) is 5.75 Å². The molecular weight excluding hydrogens is 436 g/mol. The fourth-order valence-electron chi connectivity index (χ4n) is 4.66. The van der Waals surface area contributed by atoms with Crippen molar-refractivity contribution in [1.29, 1.82) is 0 Å². The van der Waals surface area contributed by atoms with Gasteiger partial charge in [-0.2, -0.15) is 0 Å². The average molecular weight is 471 g/mol. The predicted octanol–water partition coefficient (Wildman–Crippen LogP) is 5.27. The van der Waals surface area contributed by atoms with E-state index >= 15 is 0 Å². The number of nitrogens with one attached hydrogen (secondary N) is 1. The molecule has 3 aromatic carbocycles. The van der Waals surface area contributed by atoms with Gasteiger partial charge in [-0.1, -0.05) is 72.6 Å². The molecule has 0 saturated carbocycles. The Balaban J connectivity index is 1.54. The highest BCUT2D eigenvalue weighted by Crippen LogP contribution is 2.37. The second kappa shape index (κ2) is 10.8. The summed E-state index contributed by atoms with van der Waals surface area (Å²) in [5.74, 6) is 0.600. The minimum absolute atomic E-state index is 0.136. The van der Waals surface area contributed by atoms with E-state index in [4.69, 9.17) is 4.74 Å². The number of benzene rings is 3. The van der Waals surface area contributed by atoms with Crippen LogP contribution in [-0.4, -0.2) is 29.4 Å². The molecule has 1 aliphatic rings. The first-order valence-electron chi connectivity index (χ1n) is 12.3. The first kappa shape index (κ1) is 24.5. The minimum atomic E-state index is -0.646. The lowest BCUT2D eigenvalue weighted by Gasteiger charge is -2.38. The standard InChI is InChI=1S/C30H34N2O3/c1-5-28(33)32-16-15-24-13-14-26(18-27(24)29(32)25-11-9-20(2)10-12-25)35-22(4)30(34)31-19-23-8-6-7-21(3)17-23/h6-14,17-18,22,29H,5,15-16,19H2,1-4H3,(H,31,34)/t22-,29+/m1/s1. The molecular formula is C30H34N2O3. The zero-order chi connectivity index (χ0) is 24.9. The normalized spacial score (nSPS) is 15.8. The van der Waals surface area contributed by atoms with Crippen molar-refractivity contribution < 1.29 is 14.3 Å². The van der Waals surface area contributed by atoms with Gasteiger partial charge in [0.05, 0.1) is 6.04 Å². The Bertz CT molecular complexity index is 1200. The lowest BCUT2D eigenvalue weighted by molar-refractivity contribution is -0.133. The van der Waals surface area contributed by atoms with Gasteiger partial charge in [-0.05, 0) is 61.6 Å². The van der Waals surface area contributed by atoms with E-state index < -0.39 is 6.10 Å². The lowest BCUT2D eigenvalue weighted by atomic mass is 9.87. The van der Waals surface area contributed by atoms with Crippen molar-refractivity contribution in [2.24, 2.45) is 0 Å². The van der Waals surface area contributed by atoms with Crippen LogP contribution in [0.2, 0.25) is 0 Å². The van der Waals surface area contributed by atoms with E-state index in [2.05, 4.69) is 48.6 Å². The van der Waals surface area contributed by atoms with Gasteiger partial charge in [0.25, 0.3) is 5.91 Å². The molecule has 0 saturated heterocycles. The summed E-state index contributed by atoms with van der Waals surface area (Å²) >= 11 is 0. The van der Waals surface area contributed by atoms with E-state index in [1.165, 1.54) is 11.1 Å². The third-order valence-corrected chi connectivity index (χ3v) is 6.59. The average Bonchev–Trinajstić information content (AvgIpc) is 2.86. The maximum Gasteiger partial charge on any atom is 0.261 e. The van der Waals surface area contributed by atoms with Crippen molar-refractivity contribution in [2.45, 2.75) is 59.2 Å². The number of hydrogen-bond acceptors (Lipinski definition) is 3. The van der Waals surface area contributed by atoms with Crippen molar-refractivity contribution in [3.05, 3.63) is 100 Å². The first-order chi connectivity index (χ1) is 16.9. The van der Waals surface area contributed by atoms with Crippen LogP contribution >= 0.6 is 0 Å². The quantitative estimate of drug-likeness (QED) is 0.512. The first-order valence-corrected chi connectivity index (χ1v) is 12.3. The molecule has 4 rings (SSSR count). The molecule has 0 fully saturated rings. The highest BCUT2D eigenvalue weighted by molar-refractivity contribution is 5.80. The highest BCUT2D eigenvalue weighted by atomic mass is 16.5. The third-order valence-electron chi connectivity index (χ3n) is 6.59. The van der Waals surface area contributed by atoms with Gasteiger partial charge in [0, 0.05) is 19.5 Å². The van der Waals surface area contributed by atoms with Gasteiger partial charge in [-0.15, -0.1) is 0 Å². The van der Waals surface area contributed by atoms with Crippen LogP contribution in [0.25, 0.3) is 0 Å². The van der Waals surface area contributed by atoms with Crippen LogP contribution in [0.3, 0.4) is 0 Å². The summed E-state index contributed by atoms with van der Waals surface area (Å²) in [5, 5.41) is 2.96. The molecule has 0 spiro atoms. The lowest BCUT2D eigenvalue weighted by Crippen LogP contribution is -2.40. The second-order valence-corrected chi connectivity index (χ2v) is 9.33. The van der Waals surface area contributed by atoms with Gasteiger partial charge in [0.15, 0.2) is 6.10 Å². The Morgan fingerprint density at radius 1 is 1.03 bits per heavy atom. The number of ether oxygens (including phenoxy) is 1. The molecule has 0 aromatic heterocycles. The molecule has 1 heterocycles. The SMILES string of the molecule is CCC(=O)N1CCc2ccc(O[C@H](C)C(=O)NCc3cccc(C)c3)cc2[C@@H]1c1ccc(C)cc1.